The number of carbonyl (C=O) groups is 2. The van der Waals surface area contributed by atoms with E-state index in [4.69, 9.17) is 4.42 Å². The molecule has 0 unspecified atom stereocenters. The largest absolute Gasteiger partial charge is 0.467 e. The molecule has 0 aliphatic carbocycles. The summed E-state index contributed by atoms with van der Waals surface area (Å²) in [7, 11) is 0. The van der Waals surface area contributed by atoms with E-state index in [1.54, 1.807) is 52.8 Å². The molecule has 30 heavy (non-hydrogen) atoms. The molecule has 0 aliphatic rings. The molecule has 4 rings (SSSR count). The summed E-state index contributed by atoms with van der Waals surface area (Å²) < 4.78 is 5.45. The van der Waals surface area contributed by atoms with Gasteiger partial charge in [-0.2, -0.15) is 0 Å². The van der Waals surface area contributed by atoms with Crippen molar-refractivity contribution >= 4 is 40.2 Å². The molecule has 0 aliphatic heterocycles. The Labute approximate surface area is 182 Å². The van der Waals surface area contributed by atoms with Crippen molar-refractivity contribution in [2.45, 2.75) is 20.0 Å². The summed E-state index contributed by atoms with van der Waals surface area (Å²) in [6, 6.07) is 18.4. The Kier molecular flexibility index (Phi) is 6.11. The second-order valence-corrected chi connectivity index (χ2v) is 9.08. The first-order chi connectivity index (χ1) is 14.6. The molecule has 0 bridgehead atoms. The van der Waals surface area contributed by atoms with Crippen molar-refractivity contribution in [3.05, 3.63) is 98.3 Å². The summed E-state index contributed by atoms with van der Waals surface area (Å²) >= 11 is 3.06. The molecule has 3 aromatic heterocycles. The zero-order valence-electron chi connectivity index (χ0n) is 16.3. The molecule has 0 spiro atoms. The average Bonchev–Trinajstić information content (AvgIpc) is 3.51. The van der Waals surface area contributed by atoms with Crippen LogP contribution in [0.4, 0.5) is 5.69 Å². The predicted molar refractivity (Wildman–Crippen MR) is 120 cm³/mol. The fraction of sp³-hybridized carbons (Fsp3) is 0.130. The summed E-state index contributed by atoms with van der Waals surface area (Å²) in [5.74, 6) is 0.488. The molecule has 152 valence electrons. The Morgan fingerprint density at radius 3 is 2.47 bits per heavy atom. The number of hydrogen-bond donors (Lipinski definition) is 1. The van der Waals surface area contributed by atoms with Crippen LogP contribution < -0.4 is 5.32 Å². The monoisotopic (exact) mass is 436 g/mol. The summed E-state index contributed by atoms with van der Waals surface area (Å²) in [5, 5.41) is 4.71. The fourth-order valence-electron chi connectivity index (χ4n) is 3.03. The average molecular weight is 437 g/mol. The van der Waals surface area contributed by atoms with Gasteiger partial charge in [0.25, 0.3) is 11.8 Å². The second kappa shape index (κ2) is 9.11. The van der Waals surface area contributed by atoms with Gasteiger partial charge in [-0.3, -0.25) is 9.59 Å². The van der Waals surface area contributed by atoms with Gasteiger partial charge in [0.1, 0.15) is 5.76 Å². The second-order valence-electron chi connectivity index (χ2n) is 6.76. The first-order valence-electron chi connectivity index (χ1n) is 9.40. The van der Waals surface area contributed by atoms with Crippen molar-refractivity contribution in [3.63, 3.8) is 0 Å². The summed E-state index contributed by atoms with van der Waals surface area (Å²) in [6.45, 7) is 2.95. The standard InChI is InChI=1S/C23H20N2O3S2/c1-16-6-11-20(30-16)15-25(14-19-4-2-12-28-19)23(27)17-7-9-18(10-8-17)24-22(26)21-5-3-13-29-21/h2-13H,14-15H2,1H3,(H,24,26). The molecular weight excluding hydrogens is 416 g/mol. The normalized spacial score (nSPS) is 10.7. The minimum absolute atomic E-state index is 0.0893. The van der Waals surface area contributed by atoms with Gasteiger partial charge < -0.3 is 14.6 Å². The number of benzene rings is 1. The number of carbonyl (C=O) groups excluding carboxylic acids is 2. The minimum atomic E-state index is -0.156. The molecule has 0 saturated heterocycles. The third-order valence-electron chi connectivity index (χ3n) is 4.49. The number of thiophene rings is 2. The van der Waals surface area contributed by atoms with Gasteiger partial charge in [-0.1, -0.05) is 6.07 Å². The molecule has 3 heterocycles. The maximum absolute atomic E-state index is 13.2. The van der Waals surface area contributed by atoms with Crippen LogP contribution in [0.1, 0.15) is 35.5 Å². The number of nitrogens with one attached hydrogen (secondary N) is 1. The predicted octanol–water partition coefficient (Wildman–Crippen LogP) is 5.81. The first kappa shape index (κ1) is 20.1. The molecule has 7 heteroatoms. The summed E-state index contributed by atoms with van der Waals surface area (Å²) in [4.78, 5) is 30.1. The highest BCUT2D eigenvalue weighted by Crippen LogP contribution is 2.21. The van der Waals surface area contributed by atoms with Crippen molar-refractivity contribution in [1.29, 1.82) is 0 Å². The van der Waals surface area contributed by atoms with Crippen molar-refractivity contribution < 1.29 is 14.0 Å². The summed E-state index contributed by atoms with van der Waals surface area (Å²) in [6.07, 6.45) is 1.61. The molecule has 0 saturated carbocycles. The molecule has 1 aromatic carbocycles. The van der Waals surface area contributed by atoms with E-state index in [-0.39, 0.29) is 11.8 Å². The highest BCUT2D eigenvalue weighted by atomic mass is 32.1. The molecular formula is C23H20N2O3S2. The number of furan rings is 1. The lowest BCUT2D eigenvalue weighted by atomic mass is 10.1. The van der Waals surface area contributed by atoms with Crippen LogP contribution in [0.5, 0.6) is 0 Å². The van der Waals surface area contributed by atoms with Gasteiger partial charge in [-0.05, 0) is 66.9 Å². The maximum atomic E-state index is 13.2. The number of hydrogen-bond acceptors (Lipinski definition) is 5. The van der Waals surface area contributed by atoms with Crippen LogP contribution in [-0.4, -0.2) is 16.7 Å². The molecule has 0 radical (unpaired) electrons. The van der Waals surface area contributed by atoms with E-state index in [9.17, 15) is 9.59 Å². The van der Waals surface area contributed by atoms with E-state index in [0.29, 0.717) is 29.2 Å². The minimum Gasteiger partial charge on any atom is -0.467 e. The SMILES string of the molecule is Cc1ccc(CN(Cc2ccco2)C(=O)c2ccc(NC(=O)c3cccs3)cc2)s1. The smallest absolute Gasteiger partial charge is 0.265 e. The summed E-state index contributed by atoms with van der Waals surface area (Å²) in [5.41, 5.74) is 1.21. The van der Waals surface area contributed by atoms with Gasteiger partial charge in [0.15, 0.2) is 0 Å². The van der Waals surface area contributed by atoms with E-state index in [2.05, 4.69) is 18.3 Å². The fourth-order valence-corrected chi connectivity index (χ4v) is 4.55. The van der Waals surface area contributed by atoms with E-state index >= 15 is 0 Å². The highest BCUT2D eigenvalue weighted by molar-refractivity contribution is 7.12. The van der Waals surface area contributed by atoms with Gasteiger partial charge in [-0.25, -0.2) is 0 Å². The lowest BCUT2D eigenvalue weighted by Crippen LogP contribution is -2.29. The maximum Gasteiger partial charge on any atom is 0.265 e. The van der Waals surface area contributed by atoms with Crippen LogP contribution in [0.2, 0.25) is 0 Å². The van der Waals surface area contributed by atoms with Crippen molar-refractivity contribution in [2.24, 2.45) is 0 Å². The van der Waals surface area contributed by atoms with Crippen molar-refractivity contribution in [3.8, 4) is 0 Å². The Bertz CT molecular complexity index is 1110. The Morgan fingerprint density at radius 2 is 1.83 bits per heavy atom. The van der Waals surface area contributed by atoms with Gasteiger partial charge >= 0.3 is 0 Å². The van der Waals surface area contributed by atoms with Gasteiger partial charge in [0, 0.05) is 21.0 Å². The van der Waals surface area contributed by atoms with Gasteiger partial charge in [0.05, 0.1) is 24.2 Å². The van der Waals surface area contributed by atoms with Gasteiger partial charge in [-0.15, -0.1) is 22.7 Å². The van der Waals surface area contributed by atoms with Crippen LogP contribution in [0, 0.1) is 6.92 Å². The number of aryl methyl sites for hydroxylation is 1. The zero-order valence-corrected chi connectivity index (χ0v) is 18.0. The van der Waals surface area contributed by atoms with Gasteiger partial charge in [0.2, 0.25) is 0 Å². The molecule has 5 nitrogen and oxygen atoms in total. The first-order valence-corrected chi connectivity index (χ1v) is 11.1. The van der Waals surface area contributed by atoms with Crippen LogP contribution in [0.25, 0.3) is 0 Å². The Morgan fingerprint density at radius 1 is 1.00 bits per heavy atom. The Hall–Kier alpha value is -3.16. The molecule has 1 N–H and O–H groups in total. The van der Waals surface area contributed by atoms with Crippen LogP contribution in [0.3, 0.4) is 0 Å². The topological polar surface area (TPSA) is 62.6 Å². The molecule has 0 fully saturated rings. The Balaban J connectivity index is 1.49. The molecule has 0 atom stereocenters. The zero-order chi connectivity index (χ0) is 20.9. The quantitative estimate of drug-likeness (QED) is 0.398. The number of amides is 2. The molecule has 2 amide bonds. The number of rotatable bonds is 7. The lowest BCUT2D eigenvalue weighted by molar-refractivity contribution is 0.0719. The van der Waals surface area contributed by atoms with E-state index in [1.165, 1.54) is 16.2 Å². The van der Waals surface area contributed by atoms with E-state index < -0.39 is 0 Å². The number of anilines is 1. The third kappa shape index (κ3) is 4.87. The van der Waals surface area contributed by atoms with E-state index in [1.807, 2.05) is 29.6 Å². The molecule has 4 aromatic rings. The van der Waals surface area contributed by atoms with Crippen LogP contribution in [-0.2, 0) is 13.1 Å². The van der Waals surface area contributed by atoms with Crippen molar-refractivity contribution in [2.75, 3.05) is 5.32 Å². The van der Waals surface area contributed by atoms with E-state index in [0.717, 1.165) is 10.6 Å². The van der Waals surface area contributed by atoms with Crippen molar-refractivity contribution in [1.82, 2.24) is 4.90 Å². The number of nitrogens with zero attached hydrogens (tertiary/aromatic N) is 1. The lowest BCUT2D eigenvalue weighted by Gasteiger charge is -2.21. The van der Waals surface area contributed by atoms with Crippen LogP contribution >= 0.6 is 22.7 Å². The highest BCUT2D eigenvalue weighted by Gasteiger charge is 2.19. The third-order valence-corrected chi connectivity index (χ3v) is 6.35. The van der Waals surface area contributed by atoms with Crippen LogP contribution in [0.15, 0.2) is 76.7 Å².